The summed E-state index contributed by atoms with van der Waals surface area (Å²) < 4.78 is 37.5. The molecule has 3 aromatic rings. The van der Waals surface area contributed by atoms with E-state index in [0.717, 1.165) is 32.5 Å². The van der Waals surface area contributed by atoms with Crippen molar-refractivity contribution in [1.29, 1.82) is 0 Å². The number of hydrogen-bond acceptors (Lipinski definition) is 7. The molecule has 0 aliphatic carbocycles. The van der Waals surface area contributed by atoms with E-state index in [2.05, 4.69) is 27.1 Å². The molecule has 184 valence electrons. The predicted molar refractivity (Wildman–Crippen MR) is 121 cm³/mol. The van der Waals surface area contributed by atoms with Crippen LogP contribution in [0.15, 0.2) is 28.7 Å². The number of rotatable bonds is 4. The van der Waals surface area contributed by atoms with E-state index in [9.17, 15) is 18.3 Å². The minimum absolute atomic E-state index is 0.0249. The predicted octanol–water partition coefficient (Wildman–Crippen LogP) is 5.43. The Morgan fingerprint density at radius 3 is 2.62 bits per heavy atom. The molecular formula is C21H21Cl2F3N4O4. The Bertz CT molecular complexity index is 1150. The number of hydrogen-bond donors (Lipinski definition) is 3. The van der Waals surface area contributed by atoms with Crippen LogP contribution in [0.4, 0.5) is 19.2 Å². The Labute approximate surface area is 202 Å². The van der Waals surface area contributed by atoms with Crippen molar-refractivity contribution in [3.8, 4) is 17.0 Å². The molecule has 1 aliphatic rings. The molecule has 0 saturated carbocycles. The second-order valence-electron chi connectivity index (χ2n) is 7.50. The van der Waals surface area contributed by atoms with Gasteiger partial charge in [-0.1, -0.05) is 30.1 Å². The summed E-state index contributed by atoms with van der Waals surface area (Å²) in [5, 5.41) is 21.4. The number of fused-ring (bicyclic) bond motifs is 1. The number of carboxylic acid groups (broad SMARTS) is 1. The van der Waals surface area contributed by atoms with Crippen LogP contribution in [0.3, 0.4) is 0 Å². The Morgan fingerprint density at radius 2 is 2.00 bits per heavy atom. The highest BCUT2D eigenvalue weighted by atomic mass is 35.5. The summed E-state index contributed by atoms with van der Waals surface area (Å²) in [6, 6.07) is 7.30. The summed E-state index contributed by atoms with van der Waals surface area (Å²) >= 11 is 12.2. The largest absolute Gasteiger partial charge is 0.507 e. The van der Waals surface area contributed by atoms with Gasteiger partial charge in [0.1, 0.15) is 5.75 Å². The smallest absolute Gasteiger partial charge is 0.490 e. The van der Waals surface area contributed by atoms with E-state index in [4.69, 9.17) is 37.5 Å². The van der Waals surface area contributed by atoms with Crippen molar-refractivity contribution in [3.05, 3.63) is 34.3 Å². The molecule has 1 fully saturated rings. The van der Waals surface area contributed by atoms with Gasteiger partial charge in [-0.05, 0) is 50.2 Å². The van der Waals surface area contributed by atoms with Crippen molar-refractivity contribution < 1.29 is 32.6 Å². The number of pyridine rings is 1. The highest BCUT2D eigenvalue weighted by Gasteiger charge is 2.38. The highest BCUT2D eigenvalue weighted by Crippen LogP contribution is 2.38. The molecule has 0 spiro atoms. The van der Waals surface area contributed by atoms with Crippen LogP contribution in [0.25, 0.3) is 22.5 Å². The fourth-order valence-corrected chi connectivity index (χ4v) is 4.05. The molecule has 2 aromatic heterocycles. The van der Waals surface area contributed by atoms with E-state index in [1.54, 1.807) is 18.2 Å². The number of likely N-dealkylation sites (N-methyl/N-ethyl adjacent to an activating group) is 1. The number of oxazole rings is 1. The maximum absolute atomic E-state index is 10.6. The molecule has 3 N–H and O–H groups in total. The van der Waals surface area contributed by atoms with Crippen LogP contribution < -0.4 is 5.32 Å². The zero-order chi connectivity index (χ0) is 25.0. The second-order valence-corrected chi connectivity index (χ2v) is 8.34. The van der Waals surface area contributed by atoms with Gasteiger partial charge in [0.15, 0.2) is 5.58 Å². The van der Waals surface area contributed by atoms with Gasteiger partial charge < -0.3 is 24.8 Å². The molecule has 4 rings (SSSR count). The number of aromatic nitrogens is 2. The lowest BCUT2D eigenvalue weighted by molar-refractivity contribution is -0.192. The van der Waals surface area contributed by atoms with E-state index in [1.165, 1.54) is 6.07 Å². The number of piperidine rings is 1. The van der Waals surface area contributed by atoms with Crippen LogP contribution in [-0.4, -0.2) is 62.9 Å². The third kappa shape index (κ3) is 6.43. The van der Waals surface area contributed by atoms with Gasteiger partial charge in [0.05, 0.1) is 16.3 Å². The second kappa shape index (κ2) is 10.7. The summed E-state index contributed by atoms with van der Waals surface area (Å²) in [6.07, 6.45) is -2.84. The maximum Gasteiger partial charge on any atom is 0.490 e. The summed E-state index contributed by atoms with van der Waals surface area (Å²) in [4.78, 5) is 20.3. The van der Waals surface area contributed by atoms with Crippen molar-refractivity contribution in [2.45, 2.75) is 32.0 Å². The lowest BCUT2D eigenvalue weighted by atomic mass is 10.1. The summed E-state index contributed by atoms with van der Waals surface area (Å²) in [5.74, 6) is -2.78. The van der Waals surface area contributed by atoms with E-state index < -0.39 is 12.1 Å². The number of phenols is 1. The number of nitrogens with zero attached hydrogens (tertiary/aromatic N) is 3. The lowest BCUT2D eigenvalue weighted by Gasteiger charge is -2.31. The minimum atomic E-state index is -5.08. The molecule has 1 atom stereocenters. The number of aromatic hydroxyl groups is 1. The van der Waals surface area contributed by atoms with Gasteiger partial charge in [-0.15, -0.1) is 0 Å². The Balaban J connectivity index is 0.000000406. The normalized spacial score (nSPS) is 16.7. The number of nitrogens with one attached hydrogen (secondary N) is 1. The fraction of sp³-hybridized carbons (Fsp3) is 0.381. The maximum atomic E-state index is 10.6. The molecule has 3 heterocycles. The van der Waals surface area contributed by atoms with Gasteiger partial charge in [0, 0.05) is 17.6 Å². The van der Waals surface area contributed by atoms with Crippen molar-refractivity contribution in [2.75, 3.05) is 25.0 Å². The topological polar surface area (TPSA) is 112 Å². The van der Waals surface area contributed by atoms with Crippen molar-refractivity contribution in [1.82, 2.24) is 14.9 Å². The molecule has 1 aliphatic heterocycles. The third-order valence-electron chi connectivity index (χ3n) is 5.07. The molecule has 13 heteroatoms. The quantitative estimate of drug-likeness (QED) is 0.417. The molecule has 1 aromatic carbocycles. The lowest BCUT2D eigenvalue weighted by Crippen LogP contribution is -2.41. The number of phenolic OH excluding ortho intramolecular Hbond substituents is 1. The van der Waals surface area contributed by atoms with Crippen LogP contribution in [0.5, 0.6) is 5.75 Å². The highest BCUT2D eigenvalue weighted by molar-refractivity contribution is 6.36. The first-order valence-electron chi connectivity index (χ1n) is 10.2. The van der Waals surface area contributed by atoms with Crippen LogP contribution in [0.1, 0.15) is 19.8 Å². The van der Waals surface area contributed by atoms with Gasteiger partial charge in [-0.25, -0.2) is 9.78 Å². The Hall–Kier alpha value is -2.76. The SMILES string of the molecule is CCN1CCC[C@@H](Nc2nc3nc(-c4c(O)cc(Cl)cc4Cl)ccc3o2)C1.O=C(O)C(F)(F)F. The van der Waals surface area contributed by atoms with Gasteiger partial charge in [-0.2, -0.15) is 18.2 Å². The standard InChI is InChI=1S/C19H20Cl2N4O2.C2HF3O2/c1-2-25-7-3-4-12(10-25)22-19-24-18-16(27-19)6-5-14(23-18)17-13(21)8-11(20)9-15(17)26;3-2(4,5)1(6)7/h5-6,8-9,12,26H,2-4,7,10H2,1H3,(H,22,23,24);(H,6,7)/t12-;/m1./s1. The Kier molecular flexibility index (Phi) is 8.11. The molecule has 0 bridgehead atoms. The number of carbonyl (C=O) groups is 1. The van der Waals surface area contributed by atoms with Crippen LogP contribution in [-0.2, 0) is 4.79 Å². The number of anilines is 1. The first-order chi connectivity index (χ1) is 16.0. The van der Waals surface area contributed by atoms with Crippen LogP contribution in [0.2, 0.25) is 10.0 Å². The molecular weight excluding hydrogens is 500 g/mol. The van der Waals surface area contributed by atoms with Gasteiger partial charge >= 0.3 is 12.1 Å². The zero-order valence-corrected chi connectivity index (χ0v) is 19.4. The number of halogens is 5. The third-order valence-corrected chi connectivity index (χ3v) is 5.58. The van der Waals surface area contributed by atoms with Crippen LogP contribution >= 0.6 is 23.2 Å². The van der Waals surface area contributed by atoms with E-state index in [1.807, 2.05) is 0 Å². The molecule has 0 radical (unpaired) electrons. The Morgan fingerprint density at radius 1 is 1.29 bits per heavy atom. The van der Waals surface area contributed by atoms with Crippen LogP contribution in [0, 0.1) is 0 Å². The van der Waals surface area contributed by atoms with E-state index >= 15 is 0 Å². The zero-order valence-electron chi connectivity index (χ0n) is 17.9. The van der Waals surface area contributed by atoms with Gasteiger partial charge in [0.2, 0.25) is 5.65 Å². The fourth-order valence-electron chi connectivity index (χ4n) is 3.47. The summed E-state index contributed by atoms with van der Waals surface area (Å²) in [5.41, 5.74) is 1.97. The summed E-state index contributed by atoms with van der Waals surface area (Å²) in [6.45, 7) is 5.33. The number of alkyl halides is 3. The minimum Gasteiger partial charge on any atom is -0.507 e. The van der Waals surface area contributed by atoms with Gasteiger partial charge in [0.25, 0.3) is 6.01 Å². The molecule has 34 heavy (non-hydrogen) atoms. The van der Waals surface area contributed by atoms with Crippen molar-refractivity contribution in [3.63, 3.8) is 0 Å². The average Bonchev–Trinajstić information content (AvgIpc) is 3.14. The van der Waals surface area contributed by atoms with Crippen molar-refractivity contribution >= 4 is 46.4 Å². The molecule has 8 nitrogen and oxygen atoms in total. The van der Waals surface area contributed by atoms with E-state index in [0.29, 0.717) is 44.6 Å². The number of likely N-dealkylation sites (tertiary alicyclic amines) is 1. The van der Waals surface area contributed by atoms with Gasteiger partial charge in [-0.3, -0.25) is 0 Å². The number of aliphatic carboxylic acids is 1. The first kappa shape index (κ1) is 25.9. The average molecular weight is 521 g/mol. The summed E-state index contributed by atoms with van der Waals surface area (Å²) in [7, 11) is 0. The van der Waals surface area contributed by atoms with E-state index in [-0.39, 0.29) is 5.75 Å². The first-order valence-corrected chi connectivity index (χ1v) is 11.0. The molecule has 1 saturated heterocycles. The molecule has 0 unspecified atom stereocenters. The number of carboxylic acids is 1. The van der Waals surface area contributed by atoms with Crippen molar-refractivity contribution in [2.24, 2.45) is 0 Å². The monoisotopic (exact) mass is 520 g/mol. The number of benzene rings is 1. The molecule has 0 amide bonds.